The van der Waals surface area contributed by atoms with Crippen molar-refractivity contribution in [3.63, 3.8) is 0 Å². The molecule has 5 heteroatoms. The fourth-order valence-corrected chi connectivity index (χ4v) is 3.28. The first-order valence-corrected chi connectivity index (χ1v) is 7.45. The van der Waals surface area contributed by atoms with Crippen molar-refractivity contribution in [2.75, 3.05) is 11.2 Å². The first-order valence-electron chi connectivity index (χ1n) is 6.91. The van der Waals surface area contributed by atoms with Crippen LogP contribution in [-0.2, 0) is 0 Å². The zero-order valence-electron chi connectivity index (χ0n) is 11.1. The smallest absolute Gasteiger partial charge is 0.152 e. The van der Waals surface area contributed by atoms with E-state index in [4.69, 9.17) is 11.6 Å². The van der Waals surface area contributed by atoms with Crippen LogP contribution in [0.15, 0.2) is 18.5 Å². The van der Waals surface area contributed by atoms with E-state index >= 15 is 0 Å². The van der Waals surface area contributed by atoms with E-state index < -0.39 is 0 Å². The van der Waals surface area contributed by atoms with Gasteiger partial charge in [-0.25, -0.2) is 9.50 Å². The van der Waals surface area contributed by atoms with E-state index in [1.165, 1.54) is 25.7 Å². The molecule has 2 unspecified atom stereocenters. The van der Waals surface area contributed by atoms with E-state index in [0.717, 1.165) is 22.9 Å². The average molecular weight is 279 g/mol. The summed E-state index contributed by atoms with van der Waals surface area (Å²) in [6.07, 6.45) is 8.62. The molecule has 1 aliphatic rings. The Morgan fingerprint density at radius 1 is 1.42 bits per heavy atom. The van der Waals surface area contributed by atoms with Crippen LogP contribution in [0.4, 0.5) is 5.82 Å². The summed E-state index contributed by atoms with van der Waals surface area (Å²) in [4.78, 5) is 4.47. The van der Waals surface area contributed by atoms with Gasteiger partial charge in [0.15, 0.2) is 5.82 Å². The molecule has 1 aliphatic carbocycles. The van der Waals surface area contributed by atoms with Crippen LogP contribution in [-0.4, -0.2) is 26.5 Å². The maximum atomic E-state index is 6.09. The quantitative estimate of drug-likeness (QED) is 0.877. The van der Waals surface area contributed by atoms with Crippen LogP contribution >= 0.6 is 11.6 Å². The number of halogens is 1. The van der Waals surface area contributed by atoms with Gasteiger partial charge >= 0.3 is 0 Å². The molecule has 2 atom stereocenters. The Morgan fingerprint density at radius 3 is 3.11 bits per heavy atom. The molecule has 0 amide bonds. The zero-order valence-corrected chi connectivity index (χ0v) is 11.9. The molecule has 1 fully saturated rings. The van der Waals surface area contributed by atoms with Gasteiger partial charge in [-0.05, 0) is 31.7 Å². The average Bonchev–Trinajstić information content (AvgIpc) is 2.81. The molecular formula is C14H19ClN4. The van der Waals surface area contributed by atoms with Crippen molar-refractivity contribution in [3.8, 4) is 0 Å². The highest BCUT2D eigenvalue weighted by Crippen LogP contribution is 2.28. The van der Waals surface area contributed by atoms with Crippen LogP contribution in [0.25, 0.3) is 5.52 Å². The SMILES string of the molecule is Cc1cc2c(NC3CCCCC3CCl)nccn2n1. The lowest BCUT2D eigenvalue weighted by atomic mass is 9.86. The number of rotatable bonds is 3. The summed E-state index contributed by atoms with van der Waals surface area (Å²) in [6, 6.07) is 2.49. The number of hydrogen-bond acceptors (Lipinski definition) is 3. The van der Waals surface area contributed by atoms with E-state index in [1.807, 2.05) is 17.6 Å². The summed E-state index contributed by atoms with van der Waals surface area (Å²) >= 11 is 6.09. The monoisotopic (exact) mass is 278 g/mol. The Bertz CT molecular complexity index is 566. The van der Waals surface area contributed by atoms with E-state index in [9.17, 15) is 0 Å². The molecule has 0 aliphatic heterocycles. The minimum Gasteiger partial charge on any atom is -0.365 e. The Hall–Kier alpha value is -1.29. The van der Waals surface area contributed by atoms with Gasteiger partial charge in [0.2, 0.25) is 0 Å². The Balaban J connectivity index is 1.87. The van der Waals surface area contributed by atoms with Crippen molar-refractivity contribution in [3.05, 3.63) is 24.2 Å². The van der Waals surface area contributed by atoms with Gasteiger partial charge in [0.1, 0.15) is 5.52 Å². The molecule has 0 aromatic carbocycles. The van der Waals surface area contributed by atoms with Crippen LogP contribution in [0.1, 0.15) is 31.4 Å². The van der Waals surface area contributed by atoms with Crippen molar-refractivity contribution in [1.82, 2.24) is 14.6 Å². The number of anilines is 1. The number of hydrogen-bond donors (Lipinski definition) is 1. The molecule has 102 valence electrons. The topological polar surface area (TPSA) is 42.2 Å². The normalized spacial score (nSPS) is 23.7. The van der Waals surface area contributed by atoms with Crippen LogP contribution in [0.2, 0.25) is 0 Å². The minimum atomic E-state index is 0.431. The minimum absolute atomic E-state index is 0.431. The first-order chi connectivity index (χ1) is 9.28. The highest BCUT2D eigenvalue weighted by Gasteiger charge is 2.25. The van der Waals surface area contributed by atoms with Crippen LogP contribution in [0, 0.1) is 12.8 Å². The number of nitrogens with one attached hydrogen (secondary N) is 1. The molecule has 1 saturated carbocycles. The number of alkyl halides is 1. The summed E-state index contributed by atoms with van der Waals surface area (Å²) in [6.45, 7) is 2.00. The zero-order chi connectivity index (χ0) is 13.2. The maximum Gasteiger partial charge on any atom is 0.152 e. The van der Waals surface area contributed by atoms with Crippen LogP contribution in [0.5, 0.6) is 0 Å². The molecule has 2 aromatic heterocycles. The molecule has 0 radical (unpaired) electrons. The summed E-state index contributed by atoms with van der Waals surface area (Å²) in [5.74, 6) is 2.19. The molecule has 4 nitrogen and oxygen atoms in total. The van der Waals surface area contributed by atoms with E-state index in [0.29, 0.717) is 12.0 Å². The van der Waals surface area contributed by atoms with Crippen molar-refractivity contribution in [2.45, 2.75) is 38.6 Å². The third-order valence-electron chi connectivity index (χ3n) is 3.94. The second-order valence-electron chi connectivity index (χ2n) is 5.34. The van der Waals surface area contributed by atoms with Gasteiger partial charge in [-0.2, -0.15) is 5.10 Å². The molecule has 0 saturated heterocycles. The number of aromatic nitrogens is 3. The molecule has 0 spiro atoms. The van der Waals surface area contributed by atoms with Gasteiger partial charge in [0.05, 0.1) is 5.69 Å². The van der Waals surface area contributed by atoms with Gasteiger partial charge in [-0.1, -0.05) is 12.8 Å². The third-order valence-corrected chi connectivity index (χ3v) is 4.34. The molecule has 1 N–H and O–H groups in total. The summed E-state index contributed by atoms with van der Waals surface area (Å²) in [7, 11) is 0. The summed E-state index contributed by atoms with van der Waals surface area (Å²) in [5, 5.41) is 8.00. The second-order valence-corrected chi connectivity index (χ2v) is 5.65. The Kier molecular flexibility index (Phi) is 3.60. The van der Waals surface area contributed by atoms with Crippen LogP contribution < -0.4 is 5.32 Å². The largest absolute Gasteiger partial charge is 0.365 e. The lowest BCUT2D eigenvalue weighted by Gasteiger charge is -2.31. The maximum absolute atomic E-state index is 6.09. The number of nitrogens with zero attached hydrogens (tertiary/aromatic N) is 3. The molecule has 3 rings (SSSR count). The molecule has 2 heterocycles. The van der Waals surface area contributed by atoms with Crippen molar-refractivity contribution < 1.29 is 0 Å². The molecular weight excluding hydrogens is 260 g/mol. The summed E-state index contributed by atoms with van der Waals surface area (Å²) < 4.78 is 1.88. The van der Waals surface area contributed by atoms with Gasteiger partial charge in [0.25, 0.3) is 0 Å². The van der Waals surface area contributed by atoms with Crippen molar-refractivity contribution in [1.29, 1.82) is 0 Å². The predicted molar refractivity (Wildman–Crippen MR) is 77.8 cm³/mol. The lowest BCUT2D eigenvalue weighted by Crippen LogP contribution is -2.33. The summed E-state index contributed by atoms with van der Waals surface area (Å²) in [5.41, 5.74) is 2.05. The fourth-order valence-electron chi connectivity index (χ4n) is 2.91. The van der Waals surface area contributed by atoms with Gasteiger partial charge in [-0.3, -0.25) is 0 Å². The Labute approximate surface area is 118 Å². The Morgan fingerprint density at radius 2 is 2.26 bits per heavy atom. The first kappa shape index (κ1) is 12.7. The highest BCUT2D eigenvalue weighted by atomic mass is 35.5. The van der Waals surface area contributed by atoms with E-state index in [2.05, 4.69) is 21.5 Å². The fraction of sp³-hybridized carbons (Fsp3) is 0.571. The van der Waals surface area contributed by atoms with Gasteiger partial charge in [-0.15, -0.1) is 11.6 Å². The highest BCUT2D eigenvalue weighted by molar-refractivity contribution is 6.18. The predicted octanol–water partition coefficient (Wildman–Crippen LogP) is 3.25. The van der Waals surface area contributed by atoms with E-state index in [-0.39, 0.29) is 0 Å². The molecule has 2 aromatic rings. The number of fused-ring (bicyclic) bond motifs is 1. The molecule has 19 heavy (non-hydrogen) atoms. The van der Waals surface area contributed by atoms with Crippen molar-refractivity contribution >= 4 is 22.9 Å². The van der Waals surface area contributed by atoms with Crippen molar-refractivity contribution in [2.24, 2.45) is 5.92 Å². The number of aryl methyl sites for hydroxylation is 1. The van der Waals surface area contributed by atoms with Crippen LogP contribution in [0.3, 0.4) is 0 Å². The third kappa shape index (κ3) is 2.54. The molecule has 0 bridgehead atoms. The standard InChI is InChI=1S/C14H19ClN4/c1-10-8-13-14(16-6-7-19(13)18-10)17-12-5-3-2-4-11(12)9-15/h6-8,11-12H,2-5,9H2,1H3,(H,16,17). The van der Waals surface area contributed by atoms with Gasteiger partial charge in [0, 0.05) is 24.3 Å². The van der Waals surface area contributed by atoms with Gasteiger partial charge < -0.3 is 5.32 Å². The lowest BCUT2D eigenvalue weighted by molar-refractivity contribution is 0.352. The van der Waals surface area contributed by atoms with E-state index in [1.54, 1.807) is 6.20 Å². The second kappa shape index (κ2) is 5.37.